The largest absolute Gasteiger partial charge is 0.394 e. The molecule has 2 aromatic heterocycles. The fourth-order valence-electron chi connectivity index (χ4n) is 2.64. The Labute approximate surface area is 165 Å². The number of aliphatic hydroxyl groups is 1. The monoisotopic (exact) mass is 397 g/mol. The van der Waals surface area contributed by atoms with Crippen LogP contribution in [0, 0.1) is 5.82 Å². The van der Waals surface area contributed by atoms with Gasteiger partial charge in [-0.15, -0.1) is 0 Å². The van der Waals surface area contributed by atoms with Crippen molar-refractivity contribution in [3.05, 3.63) is 70.0 Å². The van der Waals surface area contributed by atoms with Crippen molar-refractivity contribution < 1.29 is 14.3 Å². The van der Waals surface area contributed by atoms with Crippen LogP contribution in [0.25, 0.3) is 11.3 Å². The van der Waals surface area contributed by atoms with E-state index in [9.17, 15) is 19.1 Å². The van der Waals surface area contributed by atoms with Gasteiger partial charge in [-0.1, -0.05) is 0 Å². The SMILES string of the molecule is Cn1nc(-c2ccc(F)c(NC(=O)c3ccc(C(C)(C)O)nc3)c2)cc(N)c1=O. The molecule has 150 valence electrons. The quantitative estimate of drug-likeness (QED) is 0.619. The lowest BCUT2D eigenvalue weighted by atomic mass is 10.0. The van der Waals surface area contributed by atoms with E-state index in [0.29, 0.717) is 17.0 Å². The summed E-state index contributed by atoms with van der Waals surface area (Å²) < 4.78 is 15.3. The number of benzene rings is 1. The lowest BCUT2D eigenvalue weighted by molar-refractivity contribution is 0.0737. The van der Waals surface area contributed by atoms with Gasteiger partial charge in [-0.3, -0.25) is 14.6 Å². The third-order valence-corrected chi connectivity index (χ3v) is 4.25. The molecule has 0 atom stereocenters. The number of hydrogen-bond acceptors (Lipinski definition) is 6. The first-order valence-corrected chi connectivity index (χ1v) is 8.70. The van der Waals surface area contributed by atoms with E-state index in [-0.39, 0.29) is 16.9 Å². The molecule has 0 spiro atoms. The summed E-state index contributed by atoms with van der Waals surface area (Å²) in [5.41, 5.74) is 5.48. The number of carbonyl (C=O) groups is 1. The number of amides is 1. The fourth-order valence-corrected chi connectivity index (χ4v) is 2.64. The summed E-state index contributed by atoms with van der Waals surface area (Å²) in [5.74, 6) is -1.20. The van der Waals surface area contributed by atoms with Crippen molar-refractivity contribution >= 4 is 17.3 Å². The summed E-state index contributed by atoms with van der Waals surface area (Å²) in [7, 11) is 1.46. The van der Waals surface area contributed by atoms with Crippen molar-refractivity contribution in [3.8, 4) is 11.3 Å². The molecule has 0 aliphatic rings. The summed E-state index contributed by atoms with van der Waals surface area (Å²) in [6.07, 6.45) is 1.31. The smallest absolute Gasteiger partial charge is 0.289 e. The van der Waals surface area contributed by atoms with Crippen molar-refractivity contribution in [2.24, 2.45) is 7.05 Å². The highest BCUT2D eigenvalue weighted by Crippen LogP contribution is 2.24. The zero-order valence-corrected chi connectivity index (χ0v) is 16.1. The summed E-state index contributed by atoms with van der Waals surface area (Å²) in [6, 6.07) is 8.46. The number of anilines is 2. The van der Waals surface area contributed by atoms with Crippen LogP contribution in [0.4, 0.5) is 15.8 Å². The standard InChI is InChI=1S/C20H20FN5O3/c1-20(2,29)17-7-5-12(10-23-17)18(27)24-16-8-11(4-6-13(16)21)15-9-14(22)19(28)26(3)25-15/h4-10,29H,22H2,1-3H3,(H,24,27). The molecule has 0 radical (unpaired) electrons. The van der Waals surface area contributed by atoms with Gasteiger partial charge in [0.05, 0.1) is 22.6 Å². The van der Waals surface area contributed by atoms with Crippen molar-refractivity contribution in [2.45, 2.75) is 19.4 Å². The van der Waals surface area contributed by atoms with Crippen LogP contribution in [-0.2, 0) is 12.6 Å². The van der Waals surface area contributed by atoms with E-state index in [0.717, 1.165) is 4.68 Å². The van der Waals surface area contributed by atoms with Crippen LogP contribution in [0.3, 0.4) is 0 Å². The number of pyridine rings is 1. The highest BCUT2D eigenvalue weighted by Gasteiger charge is 2.18. The maximum absolute atomic E-state index is 14.2. The zero-order valence-electron chi connectivity index (χ0n) is 16.1. The van der Waals surface area contributed by atoms with Crippen LogP contribution in [0.2, 0.25) is 0 Å². The Morgan fingerprint density at radius 1 is 1.24 bits per heavy atom. The second-order valence-electron chi connectivity index (χ2n) is 7.05. The summed E-state index contributed by atoms with van der Waals surface area (Å²) in [5, 5.41) is 16.5. The second kappa shape index (κ2) is 7.44. The lowest BCUT2D eigenvalue weighted by Gasteiger charge is -2.16. The molecular formula is C20H20FN5O3. The number of hydrogen-bond donors (Lipinski definition) is 3. The molecule has 0 unspecified atom stereocenters. The molecule has 1 amide bonds. The van der Waals surface area contributed by atoms with Gasteiger partial charge in [0.15, 0.2) is 0 Å². The third-order valence-electron chi connectivity index (χ3n) is 4.25. The van der Waals surface area contributed by atoms with E-state index in [4.69, 9.17) is 5.73 Å². The van der Waals surface area contributed by atoms with Gasteiger partial charge in [0, 0.05) is 18.8 Å². The van der Waals surface area contributed by atoms with Crippen LogP contribution in [0.5, 0.6) is 0 Å². The fraction of sp³-hybridized carbons (Fsp3) is 0.200. The first kappa shape index (κ1) is 20.2. The minimum atomic E-state index is -1.14. The molecule has 0 fully saturated rings. The number of nitrogens with two attached hydrogens (primary N) is 1. The number of halogens is 1. The Bertz CT molecular complexity index is 1110. The molecular weight excluding hydrogens is 377 g/mol. The van der Waals surface area contributed by atoms with E-state index in [2.05, 4.69) is 15.4 Å². The number of rotatable bonds is 4. The Morgan fingerprint density at radius 2 is 1.97 bits per heavy atom. The van der Waals surface area contributed by atoms with Gasteiger partial charge in [-0.05, 0) is 50.2 Å². The number of nitrogens with zero attached hydrogens (tertiary/aromatic N) is 3. The van der Waals surface area contributed by atoms with Gasteiger partial charge in [-0.2, -0.15) is 5.10 Å². The van der Waals surface area contributed by atoms with Gasteiger partial charge >= 0.3 is 0 Å². The Hall–Kier alpha value is -3.59. The first-order valence-electron chi connectivity index (χ1n) is 8.70. The van der Waals surface area contributed by atoms with Crippen molar-refractivity contribution in [1.29, 1.82) is 0 Å². The second-order valence-corrected chi connectivity index (χ2v) is 7.05. The average molecular weight is 397 g/mol. The Morgan fingerprint density at radius 3 is 2.55 bits per heavy atom. The lowest BCUT2D eigenvalue weighted by Crippen LogP contribution is -2.22. The van der Waals surface area contributed by atoms with Crippen LogP contribution >= 0.6 is 0 Å². The molecule has 0 saturated carbocycles. The summed E-state index contributed by atoms with van der Waals surface area (Å²) in [6.45, 7) is 3.16. The van der Waals surface area contributed by atoms with E-state index in [1.807, 2.05) is 0 Å². The van der Waals surface area contributed by atoms with Crippen LogP contribution in [0.15, 0.2) is 47.4 Å². The van der Waals surface area contributed by atoms with E-state index < -0.39 is 22.9 Å². The normalized spacial score (nSPS) is 11.3. The van der Waals surface area contributed by atoms with Gasteiger partial charge in [0.25, 0.3) is 11.5 Å². The van der Waals surface area contributed by atoms with E-state index in [1.54, 1.807) is 13.8 Å². The van der Waals surface area contributed by atoms with Crippen LogP contribution < -0.4 is 16.6 Å². The molecule has 3 aromatic rings. The van der Waals surface area contributed by atoms with Crippen molar-refractivity contribution in [3.63, 3.8) is 0 Å². The molecule has 29 heavy (non-hydrogen) atoms. The third kappa shape index (κ3) is 4.30. The Balaban J connectivity index is 1.89. The summed E-state index contributed by atoms with van der Waals surface area (Å²) in [4.78, 5) is 28.2. The van der Waals surface area contributed by atoms with Gasteiger partial charge in [0.1, 0.15) is 17.1 Å². The number of nitrogens with one attached hydrogen (secondary N) is 1. The molecule has 0 saturated heterocycles. The number of nitrogen functional groups attached to an aromatic ring is 1. The Kier molecular flexibility index (Phi) is 5.17. The number of aromatic nitrogens is 3. The molecule has 2 heterocycles. The predicted octanol–water partition coefficient (Wildman–Crippen LogP) is 2.04. The zero-order chi connectivity index (χ0) is 21.3. The van der Waals surface area contributed by atoms with Gasteiger partial charge in [-0.25, -0.2) is 9.07 Å². The average Bonchev–Trinajstić information content (AvgIpc) is 2.66. The van der Waals surface area contributed by atoms with E-state index in [1.165, 1.54) is 49.6 Å². The van der Waals surface area contributed by atoms with Crippen LogP contribution in [-0.4, -0.2) is 25.8 Å². The number of aryl methyl sites for hydroxylation is 1. The molecule has 1 aromatic carbocycles. The van der Waals surface area contributed by atoms with Crippen molar-refractivity contribution in [1.82, 2.24) is 14.8 Å². The molecule has 3 rings (SSSR count). The molecule has 0 bridgehead atoms. The highest BCUT2D eigenvalue weighted by molar-refractivity contribution is 6.04. The number of carbonyl (C=O) groups excluding carboxylic acids is 1. The molecule has 9 heteroatoms. The maximum atomic E-state index is 14.2. The topological polar surface area (TPSA) is 123 Å². The molecule has 0 aliphatic heterocycles. The first-order chi connectivity index (χ1) is 13.6. The van der Waals surface area contributed by atoms with E-state index >= 15 is 0 Å². The maximum Gasteiger partial charge on any atom is 0.289 e. The van der Waals surface area contributed by atoms with Crippen molar-refractivity contribution in [2.75, 3.05) is 11.1 Å². The predicted molar refractivity (Wildman–Crippen MR) is 107 cm³/mol. The highest BCUT2D eigenvalue weighted by atomic mass is 19.1. The van der Waals surface area contributed by atoms with Gasteiger partial charge < -0.3 is 16.2 Å². The summed E-state index contributed by atoms with van der Waals surface area (Å²) >= 11 is 0. The van der Waals surface area contributed by atoms with Crippen LogP contribution in [0.1, 0.15) is 29.9 Å². The minimum Gasteiger partial charge on any atom is -0.394 e. The van der Waals surface area contributed by atoms with Gasteiger partial charge in [0.2, 0.25) is 0 Å². The molecule has 0 aliphatic carbocycles. The minimum absolute atomic E-state index is 0.00498. The molecule has 8 nitrogen and oxygen atoms in total. The molecule has 4 N–H and O–H groups in total.